The molecule has 26 heavy (non-hydrogen) atoms. The van der Waals surface area contributed by atoms with Gasteiger partial charge in [-0.25, -0.2) is 0 Å². The quantitative estimate of drug-likeness (QED) is 0.895. The van der Waals surface area contributed by atoms with Crippen molar-refractivity contribution in [2.24, 2.45) is 5.41 Å². The summed E-state index contributed by atoms with van der Waals surface area (Å²) >= 11 is 0. The van der Waals surface area contributed by atoms with Crippen LogP contribution in [-0.4, -0.2) is 51.0 Å². The van der Waals surface area contributed by atoms with Crippen LogP contribution in [0.1, 0.15) is 43.0 Å². The van der Waals surface area contributed by atoms with Gasteiger partial charge in [0.25, 0.3) is 5.91 Å². The molecule has 1 saturated heterocycles. The highest BCUT2D eigenvalue weighted by atomic mass is 16.5. The van der Waals surface area contributed by atoms with E-state index in [1.54, 1.807) is 19.1 Å². The third-order valence-corrected chi connectivity index (χ3v) is 5.43. The minimum absolute atomic E-state index is 0.0229. The van der Waals surface area contributed by atoms with Gasteiger partial charge in [0.1, 0.15) is 11.7 Å². The monoisotopic (exact) mass is 355 g/mol. The van der Waals surface area contributed by atoms with E-state index in [0.29, 0.717) is 22.5 Å². The molecule has 1 aliphatic heterocycles. The number of carbonyl (C=O) groups excluding carboxylic acids is 2. The highest BCUT2D eigenvalue weighted by Crippen LogP contribution is 2.53. The minimum Gasteiger partial charge on any atom is -0.342 e. The molecule has 1 aliphatic carbocycles. The molecular weight excluding hydrogens is 334 g/mol. The highest BCUT2D eigenvalue weighted by molar-refractivity contribution is 5.97. The van der Waals surface area contributed by atoms with Crippen molar-refractivity contribution >= 4 is 11.8 Å². The van der Waals surface area contributed by atoms with Crippen LogP contribution < -0.4 is 5.32 Å². The molecule has 0 bridgehead atoms. The van der Waals surface area contributed by atoms with Gasteiger partial charge in [0, 0.05) is 19.3 Å². The van der Waals surface area contributed by atoms with E-state index < -0.39 is 6.04 Å². The molecule has 3 heterocycles. The van der Waals surface area contributed by atoms with E-state index in [4.69, 9.17) is 0 Å². The van der Waals surface area contributed by atoms with Gasteiger partial charge >= 0.3 is 0 Å². The molecule has 4 rings (SSSR count). The van der Waals surface area contributed by atoms with Crippen LogP contribution >= 0.6 is 0 Å². The summed E-state index contributed by atoms with van der Waals surface area (Å²) < 4.78 is 4.68. The second-order valence-electron chi connectivity index (χ2n) is 7.21. The maximum Gasteiger partial charge on any atom is 0.253 e. The first-order valence-corrected chi connectivity index (χ1v) is 8.89. The predicted octanol–water partition coefficient (Wildman–Crippen LogP) is 1.65. The van der Waals surface area contributed by atoms with Crippen molar-refractivity contribution in [2.75, 3.05) is 13.1 Å². The molecule has 2 amide bonds. The Balaban J connectivity index is 1.34. The van der Waals surface area contributed by atoms with E-state index in [1.165, 1.54) is 25.4 Å². The number of nitrogens with zero attached hydrogens (tertiary/aromatic N) is 4. The fraction of sp³-hybridized carbons (Fsp3) is 0.500. The van der Waals surface area contributed by atoms with Crippen LogP contribution in [0.3, 0.4) is 0 Å². The van der Waals surface area contributed by atoms with Gasteiger partial charge in [-0.1, -0.05) is 5.16 Å². The molecule has 8 heteroatoms. The summed E-state index contributed by atoms with van der Waals surface area (Å²) in [4.78, 5) is 34.9. The Hall–Kier alpha value is -2.77. The third kappa shape index (κ3) is 3.31. The SMILES string of the molecule is C[C@@H](NC(=O)c1ccc(-c2ncon2)nc1)C(=O)N1CCC2(CC1)CC2. The van der Waals surface area contributed by atoms with E-state index in [9.17, 15) is 9.59 Å². The van der Waals surface area contributed by atoms with Crippen molar-refractivity contribution in [3.63, 3.8) is 0 Å². The number of aromatic nitrogens is 3. The Morgan fingerprint density at radius 3 is 2.54 bits per heavy atom. The van der Waals surface area contributed by atoms with E-state index in [2.05, 4.69) is 25.0 Å². The molecule has 1 spiro atoms. The van der Waals surface area contributed by atoms with Gasteiger partial charge in [0.05, 0.1) is 5.56 Å². The summed E-state index contributed by atoms with van der Waals surface area (Å²) in [5.74, 6) is 0.0120. The molecule has 1 atom stereocenters. The molecule has 2 aromatic heterocycles. The molecule has 0 aromatic carbocycles. The van der Waals surface area contributed by atoms with Gasteiger partial charge in [-0.2, -0.15) is 4.98 Å². The molecule has 2 fully saturated rings. The standard InChI is InChI=1S/C18H21N5O3/c1-12(17(25)23-8-6-18(4-5-18)7-9-23)21-16(24)13-2-3-14(19-10-13)15-20-11-26-22-15/h2-3,10-12H,4-9H2,1H3,(H,21,24)/t12-/m1/s1. The van der Waals surface area contributed by atoms with Crippen molar-refractivity contribution in [1.82, 2.24) is 25.3 Å². The smallest absolute Gasteiger partial charge is 0.253 e. The molecule has 2 aliphatic rings. The Morgan fingerprint density at radius 1 is 1.19 bits per heavy atom. The van der Waals surface area contributed by atoms with Crippen LogP contribution in [0.2, 0.25) is 0 Å². The average Bonchev–Trinajstić information content (AvgIpc) is 3.20. The first-order valence-electron chi connectivity index (χ1n) is 8.89. The third-order valence-electron chi connectivity index (χ3n) is 5.43. The summed E-state index contributed by atoms with van der Waals surface area (Å²) in [6.45, 7) is 3.31. The normalized spacial score (nSPS) is 19.2. The maximum absolute atomic E-state index is 12.6. The predicted molar refractivity (Wildman–Crippen MR) is 91.9 cm³/mol. The molecule has 136 valence electrons. The largest absolute Gasteiger partial charge is 0.342 e. The number of likely N-dealkylation sites (tertiary alicyclic amines) is 1. The summed E-state index contributed by atoms with van der Waals surface area (Å²) in [6.07, 6.45) is 7.43. The second-order valence-corrected chi connectivity index (χ2v) is 7.21. The van der Waals surface area contributed by atoms with E-state index in [1.807, 2.05) is 4.90 Å². The van der Waals surface area contributed by atoms with Gasteiger partial charge < -0.3 is 14.7 Å². The molecule has 1 saturated carbocycles. The Bertz CT molecular complexity index is 789. The van der Waals surface area contributed by atoms with Crippen LogP contribution in [0.25, 0.3) is 11.5 Å². The molecular formula is C18H21N5O3. The van der Waals surface area contributed by atoms with Crippen LogP contribution in [-0.2, 0) is 4.79 Å². The highest BCUT2D eigenvalue weighted by Gasteiger charge is 2.45. The van der Waals surface area contributed by atoms with Gasteiger partial charge in [-0.05, 0) is 50.2 Å². The van der Waals surface area contributed by atoms with Crippen molar-refractivity contribution in [1.29, 1.82) is 0 Å². The number of nitrogens with one attached hydrogen (secondary N) is 1. The Morgan fingerprint density at radius 2 is 1.96 bits per heavy atom. The lowest BCUT2D eigenvalue weighted by atomic mass is 9.93. The summed E-state index contributed by atoms with van der Waals surface area (Å²) in [5.41, 5.74) is 1.42. The average molecular weight is 355 g/mol. The first-order chi connectivity index (χ1) is 12.6. The number of amides is 2. The zero-order chi connectivity index (χ0) is 18.1. The van der Waals surface area contributed by atoms with Crippen molar-refractivity contribution < 1.29 is 14.1 Å². The van der Waals surface area contributed by atoms with E-state index in [0.717, 1.165) is 25.9 Å². The summed E-state index contributed by atoms with van der Waals surface area (Å²) in [6, 6.07) is 2.71. The fourth-order valence-electron chi connectivity index (χ4n) is 3.44. The van der Waals surface area contributed by atoms with Crippen LogP contribution in [0, 0.1) is 5.41 Å². The number of carbonyl (C=O) groups is 2. The van der Waals surface area contributed by atoms with Crippen LogP contribution in [0.5, 0.6) is 0 Å². The fourth-order valence-corrected chi connectivity index (χ4v) is 3.44. The number of pyridine rings is 1. The zero-order valence-corrected chi connectivity index (χ0v) is 14.6. The Kier molecular flexibility index (Phi) is 4.18. The van der Waals surface area contributed by atoms with Crippen molar-refractivity contribution in [2.45, 2.75) is 38.6 Å². The molecule has 8 nitrogen and oxygen atoms in total. The number of piperidine rings is 1. The molecule has 0 radical (unpaired) electrons. The van der Waals surface area contributed by atoms with Crippen LogP contribution in [0.4, 0.5) is 0 Å². The lowest BCUT2D eigenvalue weighted by Crippen LogP contribution is -2.49. The van der Waals surface area contributed by atoms with Gasteiger partial charge in [0.2, 0.25) is 18.1 Å². The number of hydrogen-bond acceptors (Lipinski definition) is 6. The van der Waals surface area contributed by atoms with Crippen molar-refractivity contribution in [3.05, 3.63) is 30.3 Å². The first kappa shape index (κ1) is 16.7. The minimum atomic E-state index is -0.562. The maximum atomic E-state index is 12.6. The van der Waals surface area contributed by atoms with E-state index >= 15 is 0 Å². The van der Waals surface area contributed by atoms with Gasteiger partial charge in [-0.15, -0.1) is 0 Å². The molecule has 2 aromatic rings. The second kappa shape index (κ2) is 6.51. The topological polar surface area (TPSA) is 101 Å². The molecule has 0 unspecified atom stereocenters. The zero-order valence-electron chi connectivity index (χ0n) is 14.6. The van der Waals surface area contributed by atoms with Gasteiger partial charge in [0.15, 0.2) is 0 Å². The Labute approximate surface area is 151 Å². The van der Waals surface area contributed by atoms with Crippen LogP contribution in [0.15, 0.2) is 29.2 Å². The molecule has 1 N–H and O–H groups in total. The summed E-state index contributed by atoms with van der Waals surface area (Å²) in [5, 5.41) is 6.46. The van der Waals surface area contributed by atoms with E-state index in [-0.39, 0.29) is 11.8 Å². The number of hydrogen-bond donors (Lipinski definition) is 1. The number of rotatable bonds is 4. The lowest BCUT2D eigenvalue weighted by molar-refractivity contribution is -0.134. The lowest BCUT2D eigenvalue weighted by Gasteiger charge is -2.33. The summed E-state index contributed by atoms with van der Waals surface area (Å²) in [7, 11) is 0. The van der Waals surface area contributed by atoms with Crippen molar-refractivity contribution in [3.8, 4) is 11.5 Å². The van der Waals surface area contributed by atoms with Gasteiger partial charge in [-0.3, -0.25) is 14.6 Å².